The maximum absolute atomic E-state index is 12.9. The van der Waals surface area contributed by atoms with Gasteiger partial charge < -0.3 is 29.9 Å². The van der Waals surface area contributed by atoms with E-state index in [4.69, 9.17) is 9.47 Å². The Hall–Kier alpha value is -3.61. The maximum Gasteiger partial charge on any atom is 0.351 e. The van der Waals surface area contributed by atoms with Crippen LogP contribution >= 0.6 is 0 Å². The van der Waals surface area contributed by atoms with E-state index < -0.39 is 23.2 Å². The number of fused-ring (bicyclic) bond motifs is 2. The summed E-state index contributed by atoms with van der Waals surface area (Å²) in [5.74, 6) is -2.66. The first-order valence-electron chi connectivity index (χ1n) is 9.42. The van der Waals surface area contributed by atoms with E-state index in [0.717, 1.165) is 17.2 Å². The third-order valence-electron chi connectivity index (χ3n) is 4.69. The zero-order valence-corrected chi connectivity index (χ0v) is 17.2. The van der Waals surface area contributed by atoms with Gasteiger partial charge in [-0.2, -0.15) is 0 Å². The van der Waals surface area contributed by atoms with Gasteiger partial charge in [-0.1, -0.05) is 23.3 Å². The number of esters is 1. The van der Waals surface area contributed by atoms with Crippen LogP contribution in [-0.4, -0.2) is 26.4 Å². The van der Waals surface area contributed by atoms with E-state index in [-0.39, 0.29) is 52.5 Å². The molecule has 0 unspecified atom stereocenters. The van der Waals surface area contributed by atoms with Gasteiger partial charge in [0.1, 0.15) is 22.8 Å². The highest BCUT2D eigenvalue weighted by Gasteiger charge is 2.32. The lowest BCUT2D eigenvalue weighted by Gasteiger charge is -2.14. The van der Waals surface area contributed by atoms with Crippen LogP contribution < -0.4 is 9.47 Å². The second kappa shape index (κ2) is 8.02. The first-order valence-corrected chi connectivity index (χ1v) is 9.42. The number of rotatable bonds is 4. The van der Waals surface area contributed by atoms with Crippen LogP contribution in [0.4, 0.5) is 0 Å². The Bertz CT molecular complexity index is 1090. The molecule has 1 heterocycles. The van der Waals surface area contributed by atoms with Gasteiger partial charge in [0.15, 0.2) is 23.0 Å². The van der Waals surface area contributed by atoms with E-state index in [1.165, 1.54) is 6.07 Å². The van der Waals surface area contributed by atoms with Gasteiger partial charge in [0.2, 0.25) is 0 Å². The van der Waals surface area contributed by atoms with Crippen LogP contribution in [0.1, 0.15) is 49.2 Å². The number of benzene rings is 2. The van der Waals surface area contributed by atoms with Gasteiger partial charge in [0, 0.05) is 23.3 Å². The first-order chi connectivity index (χ1) is 14.1. The largest absolute Gasteiger partial charge is 0.507 e. The predicted octanol–water partition coefficient (Wildman–Crippen LogP) is 4.85. The number of allylic oxidation sites excluding steroid dienone is 4. The molecule has 1 aliphatic heterocycles. The van der Waals surface area contributed by atoms with Gasteiger partial charge in [-0.15, -0.1) is 0 Å². The molecule has 7 heteroatoms. The quantitative estimate of drug-likeness (QED) is 0.245. The number of carbonyl (C=O) groups excluding carboxylic acids is 1. The molecule has 0 radical (unpaired) electrons. The standard InChI is InChI=1S/C23H24O7/c1-11(2)5-7-13-15(24)9-17-19(21(13)27)23(28)30-22-14(8-6-12(3)4)20(26)16(25)10-18(22)29-17/h5-6,9-10,24-27H,7-8H2,1-4H3. The molecule has 4 N–H and O–H groups in total. The molecule has 158 valence electrons. The van der Waals surface area contributed by atoms with Crippen LogP contribution in [0.5, 0.6) is 40.2 Å². The number of carbonyl (C=O) groups is 1. The van der Waals surface area contributed by atoms with Crippen molar-refractivity contribution >= 4 is 5.97 Å². The van der Waals surface area contributed by atoms with Gasteiger partial charge >= 0.3 is 5.97 Å². The summed E-state index contributed by atoms with van der Waals surface area (Å²) < 4.78 is 11.2. The Morgan fingerprint density at radius 2 is 1.37 bits per heavy atom. The van der Waals surface area contributed by atoms with Gasteiger partial charge in [-0.3, -0.25) is 0 Å². The van der Waals surface area contributed by atoms with Crippen molar-refractivity contribution in [1.82, 2.24) is 0 Å². The van der Waals surface area contributed by atoms with E-state index in [1.54, 1.807) is 12.2 Å². The summed E-state index contributed by atoms with van der Waals surface area (Å²) >= 11 is 0. The SMILES string of the molecule is CC(C)=CCc1c(O)cc2c(c1O)C(=O)Oc1c(cc(O)c(O)c1CC=C(C)C)O2. The number of ether oxygens (including phenoxy) is 2. The second-order valence-electron chi connectivity index (χ2n) is 7.61. The Balaban J connectivity index is 2.17. The Kier molecular flexibility index (Phi) is 5.64. The average Bonchev–Trinajstić information content (AvgIpc) is 2.77. The molecule has 2 aromatic carbocycles. The lowest BCUT2D eigenvalue weighted by molar-refractivity contribution is 0.0732. The number of hydrogen-bond acceptors (Lipinski definition) is 7. The predicted molar refractivity (Wildman–Crippen MR) is 111 cm³/mol. The van der Waals surface area contributed by atoms with E-state index in [2.05, 4.69) is 0 Å². The third-order valence-corrected chi connectivity index (χ3v) is 4.69. The highest BCUT2D eigenvalue weighted by atomic mass is 16.6. The van der Waals surface area contributed by atoms with Gasteiger partial charge in [-0.25, -0.2) is 4.79 Å². The third kappa shape index (κ3) is 3.91. The molecule has 0 atom stereocenters. The minimum absolute atomic E-state index is 0.0228. The van der Waals surface area contributed by atoms with Crippen LogP contribution in [0, 0.1) is 0 Å². The zero-order valence-electron chi connectivity index (χ0n) is 17.2. The molecular weight excluding hydrogens is 388 g/mol. The maximum atomic E-state index is 12.9. The molecular formula is C23H24O7. The topological polar surface area (TPSA) is 116 Å². The fraction of sp³-hybridized carbons (Fsp3) is 0.261. The summed E-state index contributed by atoms with van der Waals surface area (Å²) in [5, 5.41) is 41.5. The van der Waals surface area contributed by atoms with Crippen molar-refractivity contribution in [2.75, 3.05) is 0 Å². The molecule has 2 aromatic rings. The molecule has 0 saturated carbocycles. The number of phenols is 4. The second-order valence-corrected chi connectivity index (χ2v) is 7.61. The van der Waals surface area contributed by atoms with Crippen molar-refractivity contribution in [3.8, 4) is 40.2 Å². The first kappa shape index (κ1) is 21.1. The van der Waals surface area contributed by atoms with Crippen molar-refractivity contribution in [3.63, 3.8) is 0 Å². The molecule has 3 rings (SSSR count). The number of hydrogen-bond donors (Lipinski definition) is 4. The van der Waals surface area contributed by atoms with Crippen molar-refractivity contribution in [3.05, 3.63) is 52.1 Å². The molecule has 1 aliphatic rings. The van der Waals surface area contributed by atoms with Crippen LogP contribution in [0.15, 0.2) is 35.4 Å². The lowest BCUT2D eigenvalue weighted by Crippen LogP contribution is -2.10. The van der Waals surface area contributed by atoms with Crippen molar-refractivity contribution in [1.29, 1.82) is 0 Å². The Morgan fingerprint density at radius 3 is 1.97 bits per heavy atom. The van der Waals surface area contributed by atoms with Crippen molar-refractivity contribution in [2.45, 2.75) is 40.5 Å². The molecule has 30 heavy (non-hydrogen) atoms. The normalized spacial score (nSPS) is 12.1. The molecule has 0 bridgehead atoms. The van der Waals surface area contributed by atoms with Gasteiger partial charge in [0.25, 0.3) is 0 Å². The molecule has 0 aromatic heterocycles. The fourth-order valence-electron chi connectivity index (χ4n) is 3.07. The summed E-state index contributed by atoms with van der Waals surface area (Å²) in [6, 6.07) is 2.34. The molecule has 0 spiro atoms. The van der Waals surface area contributed by atoms with Crippen molar-refractivity contribution < 1.29 is 34.7 Å². The van der Waals surface area contributed by atoms with Crippen LogP contribution in [0.3, 0.4) is 0 Å². The highest BCUT2D eigenvalue weighted by molar-refractivity contribution is 5.99. The summed E-state index contributed by atoms with van der Waals surface area (Å²) in [7, 11) is 0. The van der Waals surface area contributed by atoms with Crippen molar-refractivity contribution in [2.24, 2.45) is 0 Å². The summed E-state index contributed by atoms with van der Waals surface area (Å²) in [6.45, 7) is 7.48. The van der Waals surface area contributed by atoms with E-state index >= 15 is 0 Å². The van der Waals surface area contributed by atoms with E-state index in [1.807, 2.05) is 27.7 Å². The van der Waals surface area contributed by atoms with Gasteiger partial charge in [-0.05, 0) is 40.5 Å². The Morgan fingerprint density at radius 1 is 0.800 bits per heavy atom. The summed E-state index contributed by atoms with van der Waals surface area (Å²) in [6.07, 6.45) is 3.98. The highest BCUT2D eigenvalue weighted by Crippen LogP contribution is 2.50. The average molecular weight is 412 g/mol. The van der Waals surface area contributed by atoms with Crippen LogP contribution in [-0.2, 0) is 12.8 Å². The molecule has 7 nitrogen and oxygen atoms in total. The number of aromatic hydroxyl groups is 4. The molecule has 0 amide bonds. The number of phenolic OH excluding ortho intramolecular Hbond substituents is 4. The zero-order chi connectivity index (χ0) is 22.2. The minimum Gasteiger partial charge on any atom is -0.507 e. The van der Waals surface area contributed by atoms with E-state index in [9.17, 15) is 25.2 Å². The van der Waals surface area contributed by atoms with Crippen LogP contribution in [0.25, 0.3) is 0 Å². The molecule has 0 fully saturated rings. The van der Waals surface area contributed by atoms with E-state index in [0.29, 0.717) is 0 Å². The monoisotopic (exact) mass is 412 g/mol. The summed E-state index contributed by atoms with van der Waals surface area (Å²) in [4.78, 5) is 12.9. The Labute approximate surface area is 174 Å². The summed E-state index contributed by atoms with van der Waals surface area (Å²) in [5.41, 5.74) is 2.03. The van der Waals surface area contributed by atoms with Crippen LogP contribution in [0.2, 0.25) is 0 Å². The minimum atomic E-state index is -0.900. The smallest absolute Gasteiger partial charge is 0.351 e. The lowest BCUT2D eigenvalue weighted by atomic mass is 10.0. The molecule has 0 aliphatic carbocycles. The fourth-order valence-corrected chi connectivity index (χ4v) is 3.07. The van der Waals surface area contributed by atoms with Gasteiger partial charge in [0.05, 0.1) is 0 Å². The molecule has 0 saturated heterocycles.